The molecule has 0 saturated carbocycles. The van der Waals surface area contributed by atoms with Gasteiger partial charge in [-0.25, -0.2) is 0 Å². The van der Waals surface area contributed by atoms with E-state index in [4.69, 9.17) is 0 Å². The second-order valence-corrected chi connectivity index (χ2v) is 6.32. The van der Waals surface area contributed by atoms with E-state index >= 15 is 0 Å². The highest BCUT2D eigenvalue weighted by Crippen LogP contribution is 2.13. The molecular weight excluding hydrogens is 292 g/mol. The number of rotatable bonds is 7. The van der Waals surface area contributed by atoms with Crippen LogP contribution in [-0.4, -0.2) is 11.2 Å². The highest BCUT2D eigenvalue weighted by atomic mass is 16.3. The van der Waals surface area contributed by atoms with Crippen LogP contribution in [0.25, 0.3) is 0 Å². The molecule has 24 heavy (non-hydrogen) atoms. The van der Waals surface area contributed by atoms with E-state index in [2.05, 4.69) is 61.7 Å². The van der Waals surface area contributed by atoms with Gasteiger partial charge in [-0.05, 0) is 37.3 Å². The zero-order valence-corrected chi connectivity index (χ0v) is 14.5. The van der Waals surface area contributed by atoms with Gasteiger partial charge in [0.1, 0.15) is 0 Å². The Hall–Kier alpha value is -2.30. The molecule has 0 aliphatic carbocycles. The Bertz CT molecular complexity index is 704. The molecule has 0 spiro atoms. The van der Waals surface area contributed by atoms with Crippen molar-refractivity contribution in [2.45, 2.75) is 45.1 Å². The minimum Gasteiger partial charge on any atom is -0.392 e. The lowest BCUT2D eigenvalue weighted by Gasteiger charge is -2.10. The quantitative estimate of drug-likeness (QED) is 0.570. The van der Waals surface area contributed by atoms with Crippen molar-refractivity contribution in [2.24, 2.45) is 0 Å². The van der Waals surface area contributed by atoms with E-state index in [-0.39, 0.29) is 0 Å². The summed E-state index contributed by atoms with van der Waals surface area (Å²) in [5.41, 5.74) is 4.89. The first-order valence-electron chi connectivity index (χ1n) is 8.53. The molecule has 0 fully saturated rings. The standard InChI is InChI=1S/C23H26O/c1-19-10-9-14-22(16-19)13-7-4-8-15-23(24)18-20(2)17-21-11-5-3-6-12-21/h3,5-6,9-12,14,16,23-24H,2,7,13,15,17-18H2,1H3/t23-/m0/s1. The summed E-state index contributed by atoms with van der Waals surface area (Å²) >= 11 is 0. The van der Waals surface area contributed by atoms with Crippen molar-refractivity contribution < 1.29 is 5.11 Å². The smallest absolute Gasteiger partial charge is 0.0686 e. The van der Waals surface area contributed by atoms with E-state index in [0.717, 1.165) is 24.8 Å². The van der Waals surface area contributed by atoms with Gasteiger partial charge in [-0.3, -0.25) is 0 Å². The molecule has 0 heterocycles. The van der Waals surface area contributed by atoms with Crippen LogP contribution >= 0.6 is 0 Å². The Balaban J connectivity index is 1.67. The monoisotopic (exact) mass is 318 g/mol. The van der Waals surface area contributed by atoms with Crippen molar-refractivity contribution in [1.29, 1.82) is 0 Å². The molecule has 2 aromatic carbocycles. The molecule has 2 rings (SSSR count). The maximum absolute atomic E-state index is 10.1. The predicted molar refractivity (Wildman–Crippen MR) is 102 cm³/mol. The Labute approximate surface area is 146 Å². The van der Waals surface area contributed by atoms with E-state index in [0.29, 0.717) is 12.8 Å². The minimum atomic E-state index is -0.423. The fourth-order valence-electron chi connectivity index (χ4n) is 2.71. The minimum absolute atomic E-state index is 0.423. The van der Waals surface area contributed by atoms with Gasteiger partial charge in [0.15, 0.2) is 0 Å². The molecule has 0 radical (unpaired) electrons. The van der Waals surface area contributed by atoms with Gasteiger partial charge in [0, 0.05) is 12.8 Å². The van der Waals surface area contributed by atoms with Crippen LogP contribution in [0.2, 0.25) is 0 Å². The van der Waals surface area contributed by atoms with Crippen LogP contribution in [0.5, 0.6) is 0 Å². The van der Waals surface area contributed by atoms with E-state index in [1.807, 2.05) is 18.2 Å². The number of aliphatic hydroxyl groups excluding tert-OH is 1. The molecule has 0 amide bonds. The SMILES string of the molecule is C=C(Cc1ccccc1)C[C@@H](O)CC#CCCc1cccc(C)c1. The normalized spacial score (nSPS) is 11.4. The van der Waals surface area contributed by atoms with Crippen molar-refractivity contribution in [1.82, 2.24) is 0 Å². The number of aryl methyl sites for hydroxylation is 2. The van der Waals surface area contributed by atoms with Crippen molar-refractivity contribution in [3.8, 4) is 11.8 Å². The van der Waals surface area contributed by atoms with Crippen molar-refractivity contribution in [2.75, 3.05) is 0 Å². The van der Waals surface area contributed by atoms with Gasteiger partial charge in [-0.15, -0.1) is 11.8 Å². The lowest BCUT2D eigenvalue weighted by Crippen LogP contribution is -2.07. The maximum atomic E-state index is 10.1. The largest absolute Gasteiger partial charge is 0.392 e. The van der Waals surface area contributed by atoms with Gasteiger partial charge in [0.25, 0.3) is 0 Å². The van der Waals surface area contributed by atoms with Crippen LogP contribution in [0.3, 0.4) is 0 Å². The molecule has 1 nitrogen and oxygen atoms in total. The van der Waals surface area contributed by atoms with Crippen LogP contribution in [-0.2, 0) is 12.8 Å². The summed E-state index contributed by atoms with van der Waals surface area (Å²) in [6, 6.07) is 18.8. The van der Waals surface area contributed by atoms with Gasteiger partial charge in [0.2, 0.25) is 0 Å². The predicted octanol–water partition coefficient (Wildman–Crippen LogP) is 4.87. The van der Waals surface area contributed by atoms with Gasteiger partial charge in [0.05, 0.1) is 6.10 Å². The topological polar surface area (TPSA) is 20.2 Å². The van der Waals surface area contributed by atoms with Crippen molar-refractivity contribution in [3.05, 3.63) is 83.4 Å². The van der Waals surface area contributed by atoms with Crippen LogP contribution in [0.4, 0.5) is 0 Å². The molecule has 1 N–H and O–H groups in total. The molecule has 0 aliphatic heterocycles. The molecule has 0 unspecified atom stereocenters. The summed E-state index contributed by atoms with van der Waals surface area (Å²) in [7, 11) is 0. The highest BCUT2D eigenvalue weighted by molar-refractivity contribution is 5.23. The Morgan fingerprint density at radius 3 is 2.54 bits per heavy atom. The Kier molecular flexibility index (Phi) is 7.33. The molecule has 1 heteroatoms. The molecule has 1 atom stereocenters. The summed E-state index contributed by atoms with van der Waals surface area (Å²) in [6.45, 7) is 6.18. The van der Waals surface area contributed by atoms with E-state index in [1.165, 1.54) is 16.7 Å². The maximum Gasteiger partial charge on any atom is 0.0686 e. The molecule has 124 valence electrons. The first-order valence-corrected chi connectivity index (χ1v) is 8.53. The summed E-state index contributed by atoms with van der Waals surface area (Å²) in [5.74, 6) is 6.27. The molecule has 0 bridgehead atoms. The lowest BCUT2D eigenvalue weighted by molar-refractivity contribution is 0.180. The lowest BCUT2D eigenvalue weighted by atomic mass is 10.0. The third-order valence-corrected chi connectivity index (χ3v) is 3.91. The number of benzene rings is 2. The first-order chi connectivity index (χ1) is 11.6. The van der Waals surface area contributed by atoms with Gasteiger partial charge in [-0.1, -0.05) is 72.3 Å². The Morgan fingerprint density at radius 1 is 1.04 bits per heavy atom. The van der Waals surface area contributed by atoms with Crippen LogP contribution < -0.4 is 0 Å². The average molecular weight is 318 g/mol. The van der Waals surface area contributed by atoms with Gasteiger partial charge in [-0.2, -0.15) is 0 Å². The van der Waals surface area contributed by atoms with Gasteiger partial charge >= 0.3 is 0 Å². The third kappa shape index (κ3) is 6.86. The number of aliphatic hydroxyl groups is 1. The van der Waals surface area contributed by atoms with E-state index < -0.39 is 6.10 Å². The summed E-state index contributed by atoms with van der Waals surface area (Å²) in [4.78, 5) is 0. The highest BCUT2D eigenvalue weighted by Gasteiger charge is 2.05. The van der Waals surface area contributed by atoms with E-state index in [9.17, 15) is 5.11 Å². The Morgan fingerprint density at radius 2 is 1.79 bits per heavy atom. The van der Waals surface area contributed by atoms with Crippen LogP contribution in [0.1, 0.15) is 36.0 Å². The molecule has 0 aromatic heterocycles. The second kappa shape index (κ2) is 9.75. The first kappa shape index (κ1) is 18.0. The molecule has 0 aliphatic rings. The fraction of sp³-hybridized carbons (Fsp3) is 0.304. The van der Waals surface area contributed by atoms with Crippen LogP contribution in [0.15, 0.2) is 66.7 Å². The zero-order valence-electron chi connectivity index (χ0n) is 14.5. The summed E-state index contributed by atoms with van der Waals surface area (Å²) < 4.78 is 0. The zero-order chi connectivity index (χ0) is 17.2. The summed E-state index contributed by atoms with van der Waals surface area (Å²) in [5, 5.41) is 10.1. The summed E-state index contributed by atoms with van der Waals surface area (Å²) in [6.07, 6.45) is 3.32. The van der Waals surface area contributed by atoms with Crippen LogP contribution in [0, 0.1) is 18.8 Å². The molecular formula is C23H26O. The number of hydrogen-bond acceptors (Lipinski definition) is 1. The van der Waals surface area contributed by atoms with E-state index in [1.54, 1.807) is 0 Å². The average Bonchev–Trinajstić information content (AvgIpc) is 2.55. The van der Waals surface area contributed by atoms with Crippen molar-refractivity contribution >= 4 is 0 Å². The fourth-order valence-corrected chi connectivity index (χ4v) is 2.71. The molecule has 0 saturated heterocycles. The van der Waals surface area contributed by atoms with Crippen molar-refractivity contribution in [3.63, 3.8) is 0 Å². The second-order valence-electron chi connectivity index (χ2n) is 6.32. The van der Waals surface area contributed by atoms with Gasteiger partial charge < -0.3 is 5.11 Å². The number of hydrogen-bond donors (Lipinski definition) is 1. The third-order valence-electron chi connectivity index (χ3n) is 3.91. The molecule has 2 aromatic rings.